The van der Waals surface area contributed by atoms with Crippen LogP contribution in [-0.4, -0.2) is 22.6 Å². The van der Waals surface area contributed by atoms with Crippen molar-refractivity contribution in [2.24, 2.45) is 4.99 Å². The highest BCUT2D eigenvalue weighted by molar-refractivity contribution is 8.14. The number of benzene rings is 1. The first kappa shape index (κ1) is 14.8. The molecule has 0 bridgehead atoms. The lowest BCUT2D eigenvalue weighted by Gasteiger charge is -2.16. The van der Waals surface area contributed by atoms with E-state index < -0.39 is 0 Å². The van der Waals surface area contributed by atoms with Crippen LogP contribution in [0, 0.1) is 0 Å². The summed E-state index contributed by atoms with van der Waals surface area (Å²) in [6.07, 6.45) is 6.43. The second kappa shape index (κ2) is 6.30. The second-order valence-corrected chi connectivity index (χ2v) is 7.09. The molecule has 0 amide bonds. The lowest BCUT2D eigenvalue weighted by Crippen LogP contribution is -2.21. The molecular formula is C17H24N2OS. The number of aliphatic imine (C=N–C) groups is 1. The third kappa shape index (κ3) is 3.54. The first-order valence-electron chi connectivity index (χ1n) is 7.95. The van der Waals surface area contributed by atoms with Crippen LogP contribution in [-0.2, 0) is 0 Å². The van der Waals surface area contributed by atoms with Crippen LogP contribution in [0.25, 0.3) is 0 Å². The maximum Gasteiger partial charge on any atom is 0.161 e. The Morgan fingerprint density at radius 1 is 1.38 bits per heavy atom. The predicted octanol–water partition coefficient (Wildman–Crippen LogP) is 4.69. The summed E-state index contributed by atoms with van der Waals surface area (Å²) in [7, 11) is 0. The molecule has 1 aromatic rings. The maximum atomic E-state index is 5.88. The van der Waals surface area contributed by atoms with E-state index in [4.69, 9.17) is 9.73 Å². The normalized spacial score (nSPS) is 21.3. The molecule has 21 heavy (non-hydrogen) atoms. The van der Waals surface area contributed by atoms with Gasteiger partial charge in [0, 0.05) is 17.5 Å². The summed E-state index contributed by atoms with van der Waals surface area (Å²) in [5.74, 6) is 2.06. The number of rotatable bonds is 4. The molecular weight excluding hydrogens is 280 g/mol. The average Bonchev–Trinajstić information content (AvgIpc) is 3.10. The smallest absolute Gasteiger partial charge is 0.161 e. The minimum absolute atomic E-state index is 0.234. The lowest BCUT2D eigenvalue weighted by molar-refractivity contribution is 0.217. The number of ether oxygens (including phenoxy) is 1. The number of hydrogen-bond donors (Lipinski definition) is 1. The monoisotopic (exact) mass is 304 g/mol. The number of nitrogens with zero attached hydrogens (tertiary/aromatic N) is 1. The van der Waals surface area contributed by atoms with Crippen molar-refractivity contribution in [3.63, 3.8) is 0 Å². The Bertz CT molecular complexity index is 523. The van der Waals surface area contributed by atoms with E-state index in [1.807, 2.05) is 23.9 Å². The third-order valence-electron chi connectivity index (χ3n) is 4.35. The molecule has 1 aliphatic heterocycles. The third-order valence-corrected chi connectivity index (χ3v) is 5.50. The molecule has 1 atom stereocenters. The molecule has 0 radical (unpaired) electrons. The largest absolute Gasteiger partial charge is 0.491 e. The van der Waals surface area contributed by atoms with Gasteiger partial charge in [0.1, 0.15) is 5.75 Å². The molecule has 0 saturated heterocycles. The topological polar surface area (TPSA) is 33.6 Å². The van der Waals surface area contributed by atoms with Crippen molar-refractivity contribution >= 4 is 22.6 Å². The van der Waals surface area contributed by atoms with E-state index in [2.05, 4.69) is 31.3 Å². The van der Waals surface area contributed by atoms with E-state index in [0.29, 0.717) is 0 Å². The number of anilines is 1. The maximum absolute atomic E-state index is 5.88. The van der Waals surface area contributed by atoms with Crippen LogP contribution < -0.4 is 10.1 Å². The Hall–Kier alpha value is -1.16. The molecule has 114 valence electrons. The molecule has 1 N–H and O–H groups in total. The first-order valence-corrected chi connectivity index (χ1v) is 8.94. The van der Waals surface area contributed by atoms with Gasteiger partial charge >= 0.3 is 0 Å². The standard InChI is InChI=1S/C17H24N2OS/c1-3-13(2)20-15-8-6-7-14(11-15)18-16-19-17(12-21-16)9-4-5-10-17/h6-8,11,13H,3-5,9-10,12H2,1-2H3,(H,18,19). The minimum atomic E-state index is 0.234. The van der Waals surface area contributed by atoms with Crippen molar-refractivity contribution in [1.29, 1.82) is 0 Å². The van der Waals surface area contributed by atoms with E-state index in [0.717, 1.165) is 28.8 Å². The van der Waals surface area contributed by atoms with Gasteiger partial charge in [-0.3, -0.25) is 4.99 Å². The van der Waals surface area contributed by atoms with Gasteiger partial charge in [-0.05, 0) is 38.3 Å². The lowest BCUT2D eigenvalue weighted by atomic mass is 10.0. The summed E-state index contributed by atoms with van der Waals surface area (Å²) in [6, 6.07) is 8.19. The summed E-state index contributed by atoms with van der Waals surface area (Å²) in [4.78, 5) is 4.95. The summed E-state index contributed by atoms with van der Waals surface area (Å²) in [5.41, 5.74) is 1.30. The van der Waals surface area contributed by atoms with Gasteiger partial charge in [-0.25, -0.2) is 0 Å². The Labute approximate surface area is 131 Å². The van der Waals surface area contributed by atoms with E-state index in [1.165, 1.54) is 25.7 Å². The predicted molar refractivity (Wildman–Crippen MR) is 91.5 cm³/mol. The van der Waals surface area contributed by atoms with Crippen LogP contribution in [0.2, 0.25) is 0 Å². The van der Waals surface area contributed by atoms with Gasteiger partial charge < -0.3 is 10.1 Å². The van der Waals surface area contributed by atoms with Crippen molar-refractivity contribution in [3.05, 3.63) is 24.3 Å². The fourth-order valence-electron chi connectivity index (χ4n) is 2.92. The molecule has 1 aliphatic carbocycles. The fraction of sp³-hybridized carbons (Fsp3) is 0.588. The van der Waals surface area contributed by atoms with E-state index >= 15 is 0 Å². The molecule has 1 unspecified atom stereocenters. The van der Waals surface area contributed by atoms with E-state index in [9.17, 15) is 0 Å². The number of nitrogens with one attached hydrogen (secondary N) is 1. The molecule has 0 aromatic heterocycles. The van der Waals surface area contributed by atoms with Gasteiger partial charge in [-0.15, -0.1) is 0 Å². The van der Waals surface area contributed by atoms with Crippen LogP contribution in [0.3, 0.4) is 0 Å². The van der Waals surface area contributed by atoms with Crippen molar-refractivity contribution < 1.29 is 4.74 Å². The van der Waals surface area contributed by atoms with Crippen molar-refractivity contribution in [2.45, 2.75) is 57.6 Å². The highest BCUT2D eigenvalue weighted by atomic mass is 32.2. The number of hydrogen-bond acceptors (Lipinski definition) is 4. The molecule has 3 nitrogen and oxygen atoms in total. The Balaban J connectivity index is 1.66. The van der Waals surface area contributed by atoms with Gasteiger partial charge in [-0.1, -0.05) is 37.6 Å². The molecule has 1 spiro atoms. The van der Waals surface area contributed by atoms with E-state index in [-0.39, 0.29) is 11.6 Å². The summed E-state index contributed by atoms with van der Waals surface area (Å²) < 4.78 is 5.88. The zero-order chi connectivity index (χ0) is 14.7. The van der Waals surface area contributed by atoms with Crippen LogP contribution in [0.5, 0.6) is 5.75 Å². The molecule has 3 rings (SSSR count). The van der Waals surface area contributed by atoms with Crippen molar-refractivity contribution in [3.8, 4) is 5.75 Å². The molecule has 4 heteroatoms. The fourth-order valence-corrected chi connectivity index (χ4v) is 4.13. The number of thioether (sulfide) groups is 1. The molecule has 1 heterocycles. The van der Waals surface area contributed by atoms with Crippen molar-refractivity contribution in [1.82, 2.24) is 0 Å². The van der Waals surface area contributed by atoms with E-state index in [1.54, 1.807) is 0 Å². The highest BCUT2D eigenvalue weighted by Gasteiger charge is 2.38. The van der Waals surface area contributed by atoms with Crippen LogP contribution in [0.15, 0.2) is 29.3 Å². The summed E-state index contributed by atoms with van der Waals surface area (Å²) >= 11 is 1.86. The SMILES string of the molecule is CCC(C)Oc1cccc(NC2=NC3(CCCC3)CS2)c1. The zero-order valence-corrected chi connectivity index (χ0v) is 13.7. The average molecular weight is 304 g/mol. The van der Waals surface area contributed by atoms with Crippen molar-refractivity contribution in [2.75, 3.05) is 11.1 Å². The second-order valence-electron chi connectivity index (χ2n) is 6.13. The summed E-state index contributed by atoms with van der Waals surface area (Å²) in [5, 5.41) is 4.52. The Morgan fingerprint density at radius 3 is 2.95 bits per heavy atom. The molecule has 2 aliphatic rings. The van der Waals surface area contributed by atoms with Gasteiger partial charge in [0.15, 0.2) is 5.17 Å². The Morgan fingerprint density at radius 2 is 2.19 bits per heavy atom. The van der Waals surface area contributed by atoms with Gasteiger partial charge in [0.2, 0.25) is 0 Å². The summed E-state index contributed by atoms with van der Waals surface area (Å²) in [6.45, 7) is 4.23. The molecule has 1 aromatic carbocycles. The minimum Gasteiger partial charge on any atom is -0.491 e. The number of amidine groups is 1. The van der Waals surface area contributed by atoms with Gasteiger partial charge in [-0.2, -0.15) is 0 Å². The van der Waals surface area contributed by atoms with Crippen LogP contribution in [0.4, 0.5) is 5.69 Å². The first-order chi connectivity index (χ1) is 10.2. The quantitative estimate of drug-likeness (QED) is 0.876. The van der Waals surface area contributed by atoms with Crippen LogP contribution >= 0.6 is 11.8 Å². The van der Waals surface area contributed by atoms with Gasteiger partial charge in [0.05, 0.1) is 11.6 Å². The molecule has 1 saturated carbocycles. The molecule has 1 fully saturated rings. The van der Waals surface area contributed by atoms with Crippen LogP contribution in [0.1, 0.15) is 46.0 Å². The van der Waals surface area contributed by atoms with Gasteiger partial charge in [0.25, 0.3) is 0 Å². The highest BCUT2D eigenvalue weighted by Crippen LogP contribution is 2.41. The Kier molecular flexibility index (Phi) is 4.43. The zero-order valence-electron chi connectivity index (χ0n) is 12.9.